The summed E-state index contributed by atoms with van der Waals surface area (Å²) >= 11 is 1.21. The Kier molecular flexibility index (Phi) is 6.30. The van der Waals surface area contributed by atoms with E-state index < -0.39 is 11.5 Å². The molecule has 0 fully saturated rings. The molecule has 2 aromatic heterocycles. The van der Waals surface area contributed by atoms with Crippen LogP contribution < -0.4 is 16.2 Å². The number of amides is 2. The van der Waals surface area contributed by atoms with Crippen LogP contribution in [0.3, 0.4) is 0 Å². The van der Waals surface area contributed by atoms with Gasteiger partial charge in [0.25, 0.3) is 11.5 Å². The van der Waals surface area contributed by atoms with Gasteiger partial charge in [-0.05, 0) is 37.6 Å². The molecule has 0 aliphatic heterocycles. The SMILES string of the molecule is CC(=O)c1cccc(NC(=O)CCc2csc(NC(=O)c3ccc[nH]c3=O)n2)c1. The van der Waals surface area contributed by atoms with Gasteiger partial charge in [0.05, 0.1) is 5.69 Å². The van der Waals surface area contributed by atoms with Crippen molar-refractivity contribution in [3.8, 4) is 0 Å². The molecule has 0 saturated heterocycles. The van der Waals surface area contributed by atoms with Gasteiger partial charge < -0.3 is 10.3 Å². The Hall–Kier alpha value is -3.59. The van der Waals surface area contributed by atoms with E-state index in [1.54, 1.807) is 35.7 Å². The van der Waals surface area contributed by atoms with Crippen molar-refractivity contribution < 1.29 is 14.4 Å². The summed E-state index contributed by atoms with van der Waals surface area (Å²) in [4.78, 5) is 54.0. The summed E-state index contributed by atoms with van der Waals surface area (Å²) in [6.07, 6.45) is 2.03. The highest BCUT2D eigenvalue weighted by molar-refractivity contribution is 7.14. The van der Waals surface area contributed by atoms with Crippen LogP contribution in [0.5, 0.6) is 0 Å². The van der Waals surface area contributed by atoms with Crippen LogP contribution in [0, 0.1) is 0 Å². The van der Waals surface area contributed by atoms with Crippen LogP contribution in [0.4, 0.5) is 10.8 Å². The van der Waals surface area contributed by atoms with E-state index in [-0.39, 0.29) is 23.7 Å². The number of hydrogen-bond acceptors (Lipinski definition) is 6. The lowest BCUT2D eigenvalue weighted by atomic mass is 10.1. The van der Waals surface area contributed by atoms with Crippen molar-refractivity contribution in [3.05, 3.63) is 75.1 Å². The second kappa shape index (κ2) is 9.07. The summed E-state index contributed by atoms with van der Waals surface area (Å²) in [7, 11) is 0. The van der Waals surface area contributed by atoms with Gasteiger partial charge in [0.1, 0.15) is 5.56 Å². The number of aryl methyl sites for hydroxylation is 1. The summed E-state index contributed by atoms with van der Waals surface area (Å²) in [6.45, 7) is 1.47. The van der Waals surface area contributed by atoms with Crippen molar-refractivity contribution in [1.82, 2.24) is 9.97 Å². The van der Waals surface area contributed by atoms with E-state index in [2.05, 4.69) is 20.6 Å². The number of aromatic amines is 1. The predicted octanol–water partition coefficient (Wildman–Crippen LogP) is 2.86. The Bertz CT molecular complexity index is 1120. The number of benzene rings is 1. The number of thiazole rings is 1. The molecule has 3 N–H and O–H groups in total. The first-order valence-electron chi connectivity index (χ1n) is 8.76. The third kappa shape index (κ3) is 5.45. The first kappa shape index (κ1) is 20.2. The van der Waals surface area contributed by atoms with Crippen LogP contribution in [0.2, 0.25) is 0 Å². The number of pyridine rings is 1. The van der Waals surface area contributed by atoms with Crippen molar-refractivity contribution in [2.45, 2.75) is 19.8 Å². The van der Waals surface area contributed by atoms with Crippen LogP contribution in [-0.4, -0.2) is 27.6 Å². The number of anilines is 2. The molecule has 3 aromatic rings. The highest BCUT2D eigenvalue weighted by Crippen LogP contribution is 2.18. The average molecular weight is 410 g/mol. The molecule has 0 spiro atoms. The summed E-state index contributed by atoms with van der Waals surface area (Å²) in [5.41, 5.74) is 1.26. The Morgan fingerprint density at radius 1 is 1.14 bits per heavy atom. The maximum absolute atomic E-state index is 12.1. The minimum absolute atomic E-state index is 0.00332. The number of carbonyl (C=O) groups excluding carboxylic acids is 3. The molecule has 0 atom stereocenters. The zero-order valence-electron chi connectivity index (χ0n) is 15.5. The third-order valence-corrected chi connectivity index (χ3v) is 4.80. The van der Waals surface area contributed by atoms with Crippen molar-refractivity contribution >= 4 is 39.8 Å². The molecule has 0 unspecified atom stereocenters. The largest absolute Gasteiger partial charge is 0.328 e. The average Bonchev–Trinajstić information content (AvgIpc) is 3.14. The van der Waals surface area contributed by atoms with Crippen molar-refractivity contribution in [1.29, 1.82) is 0 Å². The van der Waals surface area contributed by atoms with Crippen molar-refractivity contribution in [2.75, 3.05) is 10.6 Å². The Balaban J connectivity index is 1.54. The number of hydrogen-bond donors (Lipinski definition) is 3. The van der Waals surface area contributed by atoms with E-state index >= 15 is 0 Å². The van der Waals surface area contributed by atoms with Gasteiger partial charge in [0.2, 0.25) is 5.91 Å². The van der Waals surface area contributed by atoms with Gasteiger partial charge in [-0.15, -0.1) is 11.3 Å². The number of nitrogens with zero attached hydrogens (tertiary/aromatic N) is 1. The molecule has 148 valence electrons. The number of ketones is 1. The fraction of sp³-hybridized carbons (Fsp3) is 0.150. The molecule has 2 amide bonds. The van der Waals surface area contributed by atoms with Crippen molar-refractivity contribution in [2.24, 2.45) is 0 Å². The number of rotatable bonds is 7. The van der Waals surface area contributed by atoms with E-state index in [0.717, 1.165) is 0 Å². The monoisotopic (exact) mass is 410 g/mol. The van der Waals surface area contributed by atoms with Gasteiger partial charge in [-0.25, -0.2) is 4.98 Å². The standard InChI is InChI=1S/C20H18N4O4S/c1-12(25)13-4-2-5-14(10-13)22-17(26)8-7-15-11-29-20(23-15)24-19(28)16-6-3-9-21-18(16)27/h2-6,9-11H,7-8H2,1H3,(H,21,27)(H,22,26)(H,23,24,28). The molecule has 0 aliphatic rings. The molecule has 29 heavy (non-hydrogen) atoms. The normalized spacial score (nSPS) is 10.4. The van der Waals surface area contributed by atoms with Crippen LogP contribution >= 0.6 is 11.3 Å². The molecular weight excluding hydrogens is 392 g/mol. The van der Waals surface area contributed by atoms with Crippen LogP contribution in [-0.2, 0) is 11.2 Å². The number of carbonyl (C=O) groups is 3. The second-order valence-electron chi connectivity index (χ2n) is 6.20. The van der Waals surface area contributed by atoms with Gasteiger partial charge in [0.15, 0.2) is 10.9 Å². The molecule has 0 radical (unpaired) electrons. The molecule has 1 aromatic carbocycles. The lowest BCUT2D eigenvalue weighted by Gasteiger charge is -2.05. The summed E-state index contributed by atoms with van der Waals surface area (Å²) < 4.78 is 0. The molecule has 2 heterocycles. The second-order valence-corrected chi connectivity index (χ2v) is 7.05. The maximum atomic E-state index is 12.1. The molecule has 0 saturated carbocycles. The van der Waals surface area contributed by atoms with Crippen molar-refractivity contribution in [3.63, 3.8) is 0 Å². The minimum atomic E-state index is -0.546. The van der Waals surface area contributed by atoms with Crippen LogP contribution in [0.1, 0.15) is 39.8 Å². The first-order valence-corrected chi connectivity index (χ1v) is 9.64. The first-order chi connectivity index (χ1) is 13.9. The quantitative estimate of drug-likeness (QED) is 0.517. The van der Waals surface area contributed by atoms with Gasteiger partial charge in [-0.3, -0.25) is 24.5 Å². The lowest BCUT2D eigenvalue weighted by Crippen LogP contribution is -2.22. The predicted molar refractivity (Wildman–Crippen MR) is 111 cm³/mol. The summed E-state index contributed by atoms with van der Waals surface area (Å²) in [5, 5.41) is 7.42. The zero-order chi connectivity index (χ0) is 20.8. The van der Waals surface area contributed by atoms with Crippen LogP contribution in [0.25, 0.3) is 0 Å². The van der Waals surface area contributed by atoms with E-state index in [1.165, 1.54) is 30.5 Å². The third-order valence-electron chi connectivity index (χ3n) is 4.00. The van der Waals surface area contributed by atoms with E-state index in [1.807, 2.05) is 0 Å². The molecule has 0 aliphatic carbocycles. The molecule has 9 heteroatoms. The topological polar surface area (TPSA) is 121 Å². The number of nitrogens with one attached hydrogen (secondary N) is 3. The molecule has 0 bridgehead atoms. The number of Topliss-reactive ketones (excluding diaryl/α,β-unsaturated/α-hetero) is 1. The van der Waals surface area contributed by atoms with E-state index in [0.29, 0.717) is 28.5 Å². The van der Waals surface area contributed by atoms with E-state index in [9.17, 15) is 19.2 Å². The van der Waals surface area contributed by atoms with Gasteiger partial charge in [-0.2, -0.15) is 0 Å². The van der Waals surface area contributed by atoms with Crippen LogP contribution in [0.15, 0.2) is 52.8 Å². The van der Waals surface area contributed by atoms with Gasteiger partial charge in [0, 0.05) is 29.2 Å². The highest BCUT2D eigenvalue weighted by Gasteiger charge is 2.13. The Morgan fingerprint density at radius 3 is 2.72 bits per heavy atom. The molecular formula is C20H18N4O4S. The van der Waals surface area contributed by atoms with E-state index in [4.69, 9.17) is 0 Å². The molecule has 3 rings (SSSR count). The Morgan fingerprint density at radius 2 is 1.97 bits per heavy atom. The maximum Gasteiger partial charge on any atom is 0.263 e. The van der Waals surface area contributed by atoms with Gasteiger partial charge >= 0.3 is 0 Å². The number of aromatic nitrogens is 2. The number of H-pyrrole nitrogens is 1. The highest BCUT2D eigenvalue weighted by atomic mass is 32.1. The zero-order valence-corrected chi connectivity index (χ0v) is 16.3. The van der Waals surface area contributed by atoms with Gasteiger partial charge in [-0.1, -0.05) is 12.1 Å². The fourth-order valence-corrected chi connectivity index (χ4v) is 3.26. The minimum Gasteiger partial charge on any atom is -0.328 e. The smallest absolute Gasteiger partial charge is 0.263 e. The summed E-state index contributed by atoms with van der Waals surface area (Å²) in [6, 6.07) is 9.72. The Labute approximate surface area is 170 Å². The fourth-order valence-electron chi connectivity index (χ4n) is 2.53. The summed E-state index contributed by atoms with van der Waals surface area (Å²) in [5.74, 6) is -0.827. The molecule has 8 nitrogen and oxygen atoms in total. The lowest BCUT2D eigenvalue weighted by molar-refractivity contribution is -0.116.